The number of nitrogens with zero attached hydrogens (tertiary/aromatic N) is 2. The van der Waals surface area contributed by atoms with Crippen molar-refractivity contribution >= 4 is 0 Å². The molecule has 0 aromatic carbocycles. The highest BCUT2D eigenvalue weighted by Crippen LogP contribution is 2.29. The summed E-state index contributed by atoms with van der Waals surface area (Å²) in [5.74, 6) is 6.30. The standard InChI is InChI=1S/C14H28N4/c1-6-18-10-12(9-16-18)8-13(17-15)7-11(2)14(3,4)5/h9-11,13,17H,6-8,15H2,1-5H3. The number of hydrogen-bond donors (Lipinski definition) is 2. The summed E-state index contributed by atoms with van der Waals surface area (Å²) in [4.78, 5) is 0. The van der Waals surface area contributed by atoms with Crippen LogP contribution in [0.15, 0.2) is 12.4 Å². The molecule has 0 saturated carbocycles. The molecule has 0 aliphatic carbocycles. The summed E-state index contributed by atoms with van der Waals surface area (Å²) in [6, 6.07) is 0.314. The Hall–Kier alpha value is -0.870. The number of rotatable bonds is 6. The predicted octanol–water partition coefficient (Wildman–Crippen LogP) is 2.35. The van der Waals surface area contributed by atoms with Crippen LogP contribution in [0.1, 0.15) is 46.6 Å². The maximum Gasteiger partial charge on any atom is 0.0522 e. The quantitative estimate of drug-likeness (QED) is 0.603. The zero-order chi connectivity index (χ0) is 13.8. The number of nitrogens with one attached hydrogen (secondary N) is 1. The van der Waals surface area contributed by atoms with Crippen molar-refractivity contribution in [1.29, 1.82) is 0 Å². The van der Waals surface area contributed by atoms with E-state index in [0.717, 1.165) is 19.4 Å². The molecule has 1 aromatic heterocycles. The first-order chi connectivity index (χ1) is 8.36. The third-order valence-electron chi connectivity index (χ3n) is 3.84. The zero-order valence-electron chi connectivity index (χ0n) is 12.4. The van der Waals surface area contributed by atoms with E-state index in [1.165, 1.54) is 5.56 Å². The van der Waals surface area contributed by atoms with Crippen LogP contribution in [0.3, 0.4) is 0 Å². The van der Waals surface area contributed by atoms with Crippen molar-refractivity contribution < 1.29 is 0 Å². The second kappa shape index (κ2) is 6.34. The summed E-state index contributed by atoms with van der Waals surface area (Å²) in [6.07, 6.45) is 6.07. The molecule has 0 radical (unpaired) electrons. The van der Waals surface area contributed by atoms with E-state index in [-0.39, 0.29) is 0 Å². The number of hydrogen-bond acceptors (Lipinski definition) is 3. The first kappa shape index (κ1) is 15.2. The smallest absolute Gasteiger partial charge is 0.0522 e. The van der Waals surface area contributed by atoms with E-state index in [2.05, 4.69) is 51.3 Å². The van der Waals surface area contributed by atoms with E-state index in [9.17, 15) is 0 Å². The predicted molar refractivity (Wildman–Crippen MR) is 76.0 cm³/mol. The molecular weight excluding hydrogens is 224 g/mol. The maximum absolute atomic E-state index is 5.67. The van der Waals surface area contributed by atoms with Crippen molar-refractivity contribution in [2.24, 2.45) is 17.2 Å². The van der Waals surface area contributed by atoms with Gasteiger partial charge in [0.15, 0.2) is 0 Å². The molecule has 3 N–H and O–H groups in total. The fraction of sp³-hybridized carbons (Fsp3) is 0.786. The summed E-state index contributed by atoms with van der Waals surface area (Å²) in [7, 11) is 0. The normalized spacial score (nSPS) is 15.7. The molecule has 2 unspecified atom stereocenters. The van der Waals surface area contributed by atoms with Gasteiger partial charge >= 0.3 is 0 Å². The van der Waals surface area contributed by atoms with Crippen LogP contribution in [0.4, 0.5) is 0 Å². The Morgan fingerprint density at radius 3 is 2.56 bits per heavy atom. The molecule has 0 spiro atoms. The second-order valence-corrected chi connectivity index (χ2v) is 6.27. The molecule has 104 valence electrons. The molecule has 0 bridgehead atoms. The van der Waals surface area contributed by atoms with Gasteiger partial charge in [0.1, 0.15) is 0 Å². The highest BCUT2D eigenvalue weighted by molar-refractivity contribution is 5.06. The second-order valence-electron chi connectivity index (χ2n) is 6.27. The Morgan fingerprint density at radius 2 is 2.11 bits per heavy atom. The fourth-order valence-electron chi connectivity index (χ4n) is 1.96. The van der Waals surface area contributed by atoms with Crippen molar-refractivity contribution in [2.45, 2.75) is 60.0 Å². The monoisotopic (exact) mass is 252 g/mol. The van der Waals surface area contributed by atoms with E-state index in [4.69, 9.17) is 5.84 Å². The number of nitrogens with two attached hydrogens (primary N) is 1. The lowest BCUT2D eigenvalue weighted by Crippen LogP contribution is -2.39. The van der Waals surface area contributed by atoms with Crippen molar-refractivity contribution in [3.8, 4) is 0 Å². The minimum atomic E-state index is 0.314. The van der Waals surface area contributed by atoms with Gasteiger partial charge in [0.25, 0.3) is 0 Å². The van der Waals surface area contributed by atoms with E-state index in [0.29, 0.717) is 17.4 Å². The fourth-order valence-corrected chi connectivity index (χ4v) is 1.96. The van der Waals surface area contributed by atoms with Gasteiger partial charge in [-0.3, -0.25) is 16.0 Å². The Bertz CT molecular complexity index is 351. The van der Waals surface area contributed by atoms with Gasteiger partial charge in [-0.15, -0.1) is 0 Å². The number of aryl methyl sites for hydroxylation is 1. The third-order valence-corrected chi connectivity index (χ3v) is 3.84. The number of aromatic nitrogens is 2. The van der Waals surface area contributed by atoms with Crippen molar-refractivity contribution in [1.82, 2.24) is 15.2 Å². The van der Waals surface area contributed by atoms with Crippen LogP contribution in [0.25, 0.3) is 0 Å². The van der Waals surface area contributed by atoms with Crippen LogP contribution in [0.5, 0.6) is 0 Å². The molecule has 0 aliphatic heterocycles. The lowest BCUT2D eigenvalue weighted by molar-refractivity contribution is 0.222. The van der Waals surface area contributed by atoms with Crippen LogP contribution >= 0.6 is 0 Å². The average Bonchev–Trinajstić information content (AvgIpc) is 2.74. The Labute approximate surface area is 111 Å². The van der Waals surface area contributed by atoms with Gasteiger partial charge < -0.3 is 0 Å². The molecule has 0 amide bonds. The lowest BCUT2D eigenvalue weighted by Gasteiger charge is -2.30. The first-order valence-corrected chi connectivity index (χ1v) is 6.84. The van der Waals surface area contributed by atoms with Crippen molar-refractivity contribution in [3.05, 3.63) is 18.0 Å². The van der Waals surface area contributed by atoms with Gasteiger partial charge in [0.05, 0.1) is 6.20 Å². The van der Waals surface area contributed by atoms with Crippen molar-refractivity contribution in [3.63, 3.8) is 0 Å². The van der Waals surface area contributed by atoms with Crippen LogP contribution < -0.4 is 11.3 Å². The van der Waals surface area contributed by atoms with Crippen molar-refractivity contribution in [2.75, 3.05) is 0 Å². The molecule has 2 atom stereocenters. The van der Waals surface area contributed by atoms with E-state index >= 15 is 0 Å². The molecule has 0 saturated heterocycles. The molecule has 0 aliphatic rings. The van der Waals surface area contributed by atoms with E-state index in [1.54, 1.807) is 0 Å². The Balaban J connectivity index is 2.56. The minimum absolute atomic E-state index is 0.314. The number of hydrazine groups is 1. The Morgan fingerprint density at radius 1 is 1.44 bits per heavy atom. The summed E-state index contributed by atoms with van der Waals surface area (Å²) in [5, 5.41) is 4.30. The van der Waals surface area contributed by atoms with Crippen LogP contribution in [0, 0.1) is 11.3 Å². The van der Waals surface area contributed by atoms with Gasteiger partial charge in [-0.05, 0) is 36.7 Å². The lowest BCUT2D eigenvalue weighted by atomic mass is 9.78. The maximum atomic E-state index is 5.67. The van der Waals surface area contributed by atoms with Gasteiger partial charge in [-0.2, -0.15) is 5.10 Å². The minimum Gasteiger partial charge on any atom is -0.273 e. The molecule has 18 heavy (non-hydrogen) atoms. The highest BCUT2D eigenvalue weighted by atomic mass is 15.3. The van der Waals surface area contributed by atoms with Crippen LogP contribution in [-0.2, 0) is 13.0 Å². The molecule has 4 nitrogen and oxygen atoms in total. The van der Waals surface area contributed by atoms with E-state index in [1.807, 2.05) is 10.9 Å². The molecule has 1 rings (SSSR count). The molecule has 4 heteroatoms. The Kier molecular flexibility index (Phi) is 5.35. The van der Waals surface area contributed by atoms with Crippen LogP contribution in [0.2, 0.25) is 0 Å². The van der Waals surface area contributed by atoms with E-state index < -0.39 is 0 Å². The summed E-state index contributed by atoms with van der Waals surface area (Å²) in [6.45, 7) is 12.1. The van der Waals surface area contributed by atoms with Gasteiger partial charge in [-0.25, -0.2) is 0 Å². The first-order valence-electron chi connectivity index (χ1n) is 6.84. The van der Waals surface area contributed by atoms with Gasteiger partial charge in [0, 0.05) is 18.8 Å². The van der Waals surface area contributed by atoms with Crippen LogP contribution in [-0.4, -0.2) is 15.8 Å². The third kappa shape index (κ3) is 4.42. The zero-order valence-corrected chi connectivity index (χ0v) is 12.4. The molecule has 1 aromatic rings. The molecular formula is C14H28N4. The SMILES string of the molecule is CCn1cc(CC(CC(C)C(C)(C)C)NN)cn1. The largest absolute Gasteiger partial charge is 0.273 e. The topological polar surface area (TPSA) is 55.9 Å². The summed E-state index contributed by atoms with van der Waals surface area (Å²) in [5.41, 5.74) is 4.52. The molecule has 0 fully saturated rings. The average molecular weight is 252 g/mol. The van der Waals surface area contributed by atoms with Gasteiger partial charge in [-0.1, -0.05) is 27.7 Å². The summed E-state index contributed by atoms with van der Waals surface area (Å²) < 4.78 is 1.95. The highest BCUT2D eigenvalue weighted by Gasteiger charge is 2.23. The van der Waals surface area contributed by atoms with Gasteiger partial charge in [0.2, 0.25) is 0 Å². The molecule has 1 heterocycles. The summed E-state index contributed by atoms with van der Waals surface area (Å²) >= 11 is 0.